The highest BCUT2D eigenvalue weighted by Crippen LogP contribution is 2.44. The van der Waals surface area contributed by atoms with Gasteiger partial charge in [-0.2, -0.15) is 0 Å². The van der Waals surface area contributed by atoms with Crippen LogP contribution in [0.3, 0.4) is 0 Å². The number of fused-ring (bicyclic) bond motifs is 3. The second-order valence-corrected chi connectivity index (χ2v) is 14.2. The van der Waals surface area contributed by atoms with Gasteiger partial charge in [-0.25, -0.2) is 9.59 Å². The molecule has 4 N–H and O–H groups in total. The minimum Gasteiger partial charge on any atom is -0.467 e. The third kappa shape index (κ3) is 8.56. The lowest BCUT2D eigenvalue weighted by Gasteiger charge is -2.30. The van der Waals surface area contributed by atoms with Gasteiger partial charge in [0, 0.05) is 18.2 Å². The molecule has 4 aromatic carbocycles. The van der Waals surface area contributed by atoms with Crippen LogP contribution < -0.4 is 10.6 Å². The summed E-state index contributed by atoms with van der Waals surface area (Å²) in [6.45, 7) is -0.348. The Balaban J connectivity index is 1.18. The van der Waals surface area contributed by atoms with Crippen LogP contribution in [-0.2, 0) is 23.9 Å². The van der Waals surface area contributed by atoms with Crippen LogP contribution in [0, 0.1) is 0 Å². The Hall–Kier alpha value is -5.17. The molecule has 0 unspecified atom stereocenters. The standard InChI is InChI=1S/C41H43N3O8S/c1-51-40(49)33(23-45)42-39(48)36(46)34(25-53-37(26-13-4-2-5-14-26)27-15-6-3-7-16-27)43-38(47)35-21-12-22-44(35)41(50)52-24-32-30-19-10-8-17-28(30)29-18-9-11-20-31(29)32/h2-11,13-20,32-37,45-46H,12,21-25H2,1H3,(H,42,48)(H,43,47)/t33-,34-,35-,36+/m0/s1. The monoisotopic (exact) mass is 737 g/mol. The zero-order valence-corrected chi connectivity index (χ0v) is 30.1. The lowest BCUT2D eigenvalue weighted by Crippen LogP contribution is -2.58. The number of hydrogen-bond acceptors (Lipinski definition) is 9. The fraction of sp³-hybridized carbons (Fsp3) is 0.317. The Bertz CT molecular complexity index is 1810. The molecule has 0 spiro atoms. The van der Waals surface area contributed by atoms with Crippen molar-refractivity contribution in [3.05, 3.63) is 131 Å². The van der Waals surface area contributed by atoms with Gasteiger partial charge in [0.1, 0.15) is 12.6 Å². The SMILES string of the molecule is COC(=O)[C@H](CO)NC(=O)[C@H](O)[C@H](CSC(c1ccccc1)c1ccccc1)NC(=O)[C@@H]1CCCN1C(=O)OCC1c2ccccc2-c2ccccc21. The maximum atomic E-state index is 14.0. The molecule has 276 valence electrons. The van der Waals surface area contributed by atoms with Gasteiger partial charge in [-0.05, 0) is 46.2 Å². The average molecular weight is 738 g/mol. The molecule has 2 aliphatic rings. The van der Waals surface area contributed by atoms with Crippen molar-refractivity contribution in [1.29, 1.82) is 0 Å². The third-order valence-corrected chi connectivity index (χ3v) is 11.2. The maximum absolute atomic E-state index is 14.0. The van der Waals surface area contributed by atoms with Crippen LogP contribution in [0.5, 0.6) is 0 Å². The summed E-state index contributed by atoms with van der Waals surface area (Å²) in [6.07, 6.45) is -1.51. The largest absolute Gasteiger partial charge is 0.467 e. The van der Waals surface area contributed by atoms with E-state index in [4.69, 9.17) is 4.74 Å². The minimum absolute atomic E-state index is 0.0778. The Morgan fingerprint density at radius 3 is 1.96 bits per heavy atom. The molecule has 11 nitrogen and oxygen atoms in total. The zero-order chi connectivity index (χ0) is 37.3. The number of benzene rings is 4. The van der Waals surface area contributed by atoms with Gasteiger partial charge < -0.3 is 30.3 Å². The summed E-state index contributed by atoms with van der Waals surface area (Å²) >= 11 is 1.42. The Labute approximate surface area is 312 Å². The number of thioether (sulfide) groups is 1. The normalized spacial score (nSPS) is 16.6. The van der Waals surface area contributed by atoms with E-state index < -0.39 is 54.7 Å². The summed E-state index contributed by atoms with van der Waals surface area (Å²) in [7, 11) is 1.12. The van der Waals surface area contributed by atoms with E-state index in [1.54, 1.807) is 0 Å². The fourth-order valence-electron chi connectivity index (χ4n) is 7.03. The summed E-state index contributed by atoms with van der Waals surface area (Å²) in [6, 6.07) is 32.1. The molecular weight excluding hydrogens is 695 g/mol. The molecule has 6 rings (SSSR count). The number of ether oxygens (including phenoxy) is 2. The van der Waals surface area contributed by atoms with Crippen LogP contribution in [0.25, 0.3) is 11.1 Å². The highest BCUT2D eigenvalue weighted by Gasteiger charge is 2.39. The van der Waals surface area contributed by atoms with Crippen molar-refractivity contribution in [2.75, 3.05) is 32.6 Å². The molecule has 0 radical (unpaired) electrons. The number of aliphatic hydroxyl groups excluding tert-OH is 2. The van der Waals surface area contributed by atoms with Crippen LogP contribution in [0.4, 0.5) is 4.79 Å². The second kappa shape index (κ2) is 17.6. The second-order valence-electron chi connectivity index (χ2n) is 13.0. The number of hydrogen-bond donors (Lipinski definition) is 4. The van der Waals surface area contributed by atoms with E-state index in [1.807, 2.05) is 97.1 Å². The third-order valence-electron chi connectivity index (χ3n) is 9.74. The minimum atomic E-state index is -1.82. The van der Waals surface area contributed by atoms with E-state index in [9.17, 15) is 29.4 Å². The van der Waals surface area contributed by atoms with Crippen molar-refractivity contribution in [2.24, 2.45) is 0 Å². The van der Waals surface area contributed by atoms with Crippen LogP contribution in [-0.4, -0.2) is 95.8 Å². The Morgan fingerprint density at radius 2 is 1.40 bits per heavy atom. The number of carbonyl (C=O) groups is 4. The topological polar surface area (TPSA) is 154 Å². The molecule has 12 heteroatoms. The molecule has 4 atom stereocenters. The summed E-state index contributed by atoms with van der Waals surface area (Å²) in [5.74, 6) is -2.48. The number of esters is 1. The van der Waals surface area contributed by atoms with Gasteiger partial charge in [-0.15, -0.1) is 11.8 Å². The first kappa shape index (κ1) is 37.6. The van der Waals surface area contributed by atoms with Crippen molar-refractivity contribution in [2.45, 2.75) is 48.2 Å². The molecule has 1 fully saturated rings. The molecule has 1 aliphatic carbocycles. The number of aliphatic hydroxyl groups is 2. The van der Waals surface area contributed by atoms with Gasteiger partial charge in [0.2, 0.25) is 5.91 Å². The number of rotatable bonds is 14. The average Bonchev–Trinajstić information content (AvgIpc) is 3.82. The van der Waals surface area contributed by atoms with Crippen LogP contribution in [0.15, 0.2) is 109 Å². The predicted octanol–water partition coefficient (Wildman–Crippen LogP) is 4.42. The van der Waals surface area contributed by atoms with Gasteiger partial charge in [-0.3, -0.25) is 14.5 Å². The predicted molar refractivity (Wildman–Crippen MR) is 201 cm³/mol. The van der Waals surface area contributed by atoms with E-state index in [1.165, 1.54) is 16.7 Å². The summed E-state index contributed by atoms with van der Waals surface area (Å²) in [4.78, 5) is 54.4. The maximum Gasteiger partial charge on any atom is 0.410 e. The zero-order valence-electron chi connectivity index (χ0n) is 29.3. The van der Waals surface area contributed by atoms with Crippen molar-refractivity contribution >= 4 is 35.6 Å². The van der Waals surface area contributed by atoms with Gasteiger partial charge in [-0.1, -0.05) is 109 Å². The summed E-state index contributed by atoms with van der Waals surface area (Å²) in [5, 5.41) is 26.0. The van der Waals surface area contributed by atoms with Crippen LogP contribution in [0.1, 0.15) is 46.3 Å². The summed E-state index contributed by atoms with van der Waals surface area (Å²) in [5.41, 5.74) is 6.32. The van der Waals surface area contributed by atoms with Gasteiger partial charge >= 0.3 is 12.1 Å². The highest BCUT2D eigenvalue weighted by atomic mass is 32.2. The smallest absolute Gasteiger partial charge is 0.410 e. The molecule has 1 saturated heterocycles. The lowest BCUT2D eigenvalue weighted by atomic mass is 9.98. The lowest BCUT2D eigenvalue weighted by molar-refractivity contribution is -0.148. The summed E-state index contributed by atoms with van der Waals surface area (Å²) < 4.78 is 10.5. The number of methoxy groups -OCH3 is 1. The Kier molecular flexibility index (Phi) is 12.5. The van der Waals surface area contributed by atoms with Crippen LogP contribution in [0.2, 0.25) is 0 Å². The van der Waals surface area contributed by atoms with Crippen molar-refractivity contribution in [3.63, 3.8) is 0 Å². The fourth-order valence-corrected chi connectivity index (χ4v) is 8.39. The Morgan fingerprint density at radius 1 is 0.830 bits per heavy atom. The first-order chi connectivity index (χ1) is 25.8. The molecule has 0 saturated carbocycles. The van der Waals surface area contributed by atoms with E-state index in [2.05, 4.69) is 27.5 Å². The first-order valence-electron chi connectivity index (χ1n) is 17.6. The molecule has 3 amide bonds. The molecule has 0 aromatic heterocycles. The van der Waals surface area contributed by atoms with Crippen LogP contribution >= 0.6 is 11.8 Å². The number of amides is 3. The van der Waals surface area contributed by atoms with E-state index >= 15 is 0 Å². The number of likely N-dealkylation sites (tertiary alicyclic amines) is 1. The molecule has 53 heavy (non-hydrogen) atoms. The van der Waals surface area contributed by atoms with Crippen molar-refractivity contribution in [3.8, 4) is 11.1 Å². The van der Waals surface area contributed by atoms with E-state index in [0.717, 1.165) is 40.5 Å². The van der Waals surface area contributed by atoms with Crippen molar-refractivity contribution in [1.82, 2.24) is 15.5 Å². The van der Waals surface area contributed by atoms with E-state index in [-0.39, 0.29) is 23.5 Å². The number of nitrogens with zero attached hydrogens (tertiary/aromatic N) is 1. The molecular formula is C41H43N3O8S. The first-order valence-corrected chi connectivity index (χ1v) is 18.7. The molecule has 1 heterocycles. The van der Waals surface area contributed by atoms with E-state index in [0.29, 0.717) is 19.4 Å². The van der Waals surface area contributed by atoms with Gasteiger partial charge in [0.25, 0.3) is 5.91 Å². The number of nitrogens with one attached hydrogen (secondary N) is 2. The molecule has 4 aromatic rings. The molecule has 1 aliphatic heterocycles. The highest BCUT2D eigenvalue weighted by molar-refractivity contribution is 7.99. The quantitative estimate of drug-likeness (QED) is 0.138. The van der Waals surface area contributed by atoms with Gasteiger partial charge in [0.15, 0.2) is 12.1 Å². The van der Waals surface area contributed by atoms with Crippen molar-refractivity contribution < 1.29 is 38.9 Å². The molecule has 0 bridgehead atoms. The number of carbonyl (C=O) groups excluding carboxylic acids is 4. The van der Waals surface area contributed by atoms with Gasteiger partial charge in [0.05, 0.1) is 25.0 Å².